The van der Waals surface area contributed by atoms with Crippen molar-refractivity contribution < 1.29 is 14.0 Å². The van der Waals surface area contributed by atoms with Crippen LogP contribution in [0.1, 0.15) is 11.3 Å². The predicted molar refractivity (Wildman–Crippen MR) is 89.1 cm³/mol. The van der Waals surface area contributed by atoms with Crippen molar-refractivity contribution in [2.75, 3.05) is 6.54 Å². The van der Waals surface area contributed by atoms with Gasteiger partial charge in [0.15, 0.2) is 0 Å². The van der Waals surface area contributed by atoms with Gasteiger partial charge in [-0.1, -0.05) is 29.3 Å². The maximum absolute atomic E-state index is 11.7. The highest BCUT2D eigenvalue weighted by atomic mass is 35.5. The molecule has 1 heterocycles. The fourth-order valence-corrected chi connectivity index (χ4v) is 1.98. The largest absolute Gasteiger partial charge is 0.467 e. The van der Waals surface area contributed by atoms with Crippen molar-refractivity contribution in [2.45, 2.75) is 6.54 Å². The molecule has 0 atom stereocenters. The van der Waals surface area contributed by atoms with Gasteiger partial charge in [-0.2, -0.15) is 0 Å². The third-order valence-electron chi connectivity index (χ3n) is 2.83. The molecule has 2 aromatic rings. The third-order valence-corrected chi connectivity index (χ3v) is 3.57. The zero-order valence-corrected chi connectivity index (χ0v) is 13.5. The number of carbonyl (C=O) groups is 2. The van der Waals surface area contributed by atoms with E-state index in [0.29, 0.717) is 15.8 Å². The molecular weight excluding hydrogens is 339 g/mol. The summed E-state index contributed by atoms with van der Waals surface area (Å²) in [6.45, 7) is 0.159. The van der Waals surface area contributed by atoms with Crippen LogP contribution >= 0.6 is 23.2 Å². The minimum atomic E-state index is -0.385. The number of nitrogens with one attached hydrogen (secondary N) is 2. The smallest absolute Gasteiger partial charge is 0.244 e. The van der Waals surface area contributed by atoms with Gasteiger partial charge in [0.25, 0.3) is 0 Å². The van der Waals surface area contributed by atoms with Crippen LogP contribution in [0.5, 0.6) is 0 Å². The van der Waals surface area contributed by atoms with E-state index in [0.717, 1.165) is 5.56 Å². The zero-order valence-electron chi connectivity index (χ0n) is 12.0. The van der Waals surface area contributed by atoms with Crippen molar-refractivity contribution in [1.82, 2.24) is 10.6 Å². The van der Waals surface area contributed by atoms with E-state index in [1.165, 1.54) is 12.3 Å². The van der Waals surface area contributed by atoms with E-state index in [1.807, 2.05) is 0 Å². The first-order valence-electron chi connectivity index (χ1n) is 6.74. The monoisotopic (exact) mass is 352 g/mol. The molecule has 2 N–H and O–H groups in total. The van der Waals surface area contributed by atoms with Gasteiger partial charge in [0.1, 0.15) is 5.76 Å². The normalized spacial score (nSPS) is 10.7. The van der Waals surface area contributed by atoms with Crippen molar-refractivity contribution in [1.29, 1.82) is 0 Å². The Morgan fingerprint density at radius 3 is 2.65 bits per heavy atom. The Morgan fingerprint density at radius 2 is 1.96 bits per heavy atom. The second-order valence-corrected chi connectivity index (χ2v) is 5.40. The lowest BCUT2D eigenvalue weighted by Crippen LogP contribution is -2.35. The highest BCUT2D eigenvalue weighted by Gasteiger charge is 2.04. The molecule has 0 aliphatic heterocycles. The Balaban J connectivity index is 1.74. The topological polar surface area (TPSA) is 71.3 Å². The number of furan rings is 1. The van der Waals surface area contributed by atoms with Crippen molar-refractivity contribution in [3.8, 4) is 0 Å². The van der Waals surface area contributed by atoms with E-state index in [4.69, 9.17) is 27.6 Å². The first-order valence-corrected chi connectivity index (χ1v) is 7.50. The molecule has 0 aliphatic rings. The molecule has 120 valence electrons. The van der Waals surface area contributed by atoms with Gasteiger partial charge in [0, 0.05) is 6.08 Å². The van der Waals surface area contributed by atoms with E-state index in [1.54, 1.807) is 36.4 Å². The highest BCUT2D eigenvalue weighted by Crippen LogP contribution is 2.22. The Labute approximate surface area is 143 Å². The lowest BCUT2D eigenvalue weighted by atomic mass is 10.2. The van der Waals surface area contributed by atoms with Crippen LogP contribution in [-0.2, 0) is 16.1 Å². The van der Waals surface area contributed by atoms with Crippen LogP contribution < -0.4 is 10.6 Å². The molecule has 2 rings (SSSR count). The third kappa shape index (κ3) is 5.81. The standard InChI is InChI=1S/C16H14Cl2N2O3/c17-13-5-3-11(8-14(13)18)4-6-15(21)20-10-16(22)19-9-12-2-1-7-23-12/h1-8H,9-10H2,(H,19,22)(H,20,21)/b6-4+. The van der Waals surface area contributed by atoms with E-state index in [2.05, 4.69) is 10.6 Å². The van der Waals surface area contributed by atoms with Gasteiger partial charge in [-0.05, 0) is 35.9 Å². The Morgan fingerprint density at radius 1 is 1.13 bits per heavy atom. The summed E-state index contributed by atoms with van der Waals surface area (Å²) < 4.78 is 5.08. The molecule has 0 saturated heterocycles. The van der Waals surface area contributed by atoms with Crippen LogP contribution in [0.2, 0.25) is 10.0 Å². The molecule has 0 unspecified atom stereocenters. The molecule has 1 aromatic heterocycles. The van der Waals surface area contributed by atoms with Gasteiger partial charge in [0.2, 0.25) is 11.8 Å². The molecule has 7 heteroatoms. The van der Waals surface area contributed by atoms with Crippen molar-refractivity contribution in [3.05, 3.63) is 64.0 Å². The summed E-state index contributed by atoms with van der Waals surface area (Å²) in [7, 11) is 0. The summed E-state index contributed by atoms with van der Waals surface area (Å²) in [4.78, 5) is 23.2. The quantitative estimate of drug-likeness (QED) is 0.785. The minimum absolute atomic E-state index is 0.120. The number of halogens is 2. The first kappa shape index (κ1) is 17.1. The van der Waals surface area contributed by atoms with Crippen molar-refractivity contribution in [3.63, 3.8) is 0 Å². The minimum Gasteiger partial charge on any atom is -0.467 e. The average Bonchev–Trinajstić information content (AvgIpc) is 3.05. The summed E-state index contributed by atoms with van der Waals surface area (Å²) in [6, 6.07) is 8.50. The van der Waals surface area contributed by atoms with Crippen LogP contribution in [0.15, 0.2) is 47.1 Å². The fraction of sp³-hybridized carbons (Fsp3) is 0.125. The zero-order chi connectivity index (χ0) is 16.7. The van der Waals surface area contributed by atoms with Crippen LogP contribution in [0, 0.1) is 0 Å². The van der Waals surface area contributed by atoms with E-state index in [-0.39, 0.29) is 24.9 Å². The summed E-state index contributed by atoms with van der Waals surface area (Å²) in [5.74, 6) is -0.0499. The molecular formula is C16H14Cl2N2O3. The summed E-state index contributed by atoms with van der Waals surface area (Å²) in [6.07, 6.45) is 4.43. The van der Waals surface area contributed by atoms with Gasteiger partial charge in [-0.15, -0.1) is 0 Å². The van der Waals surface area contributed by atoms with E-state index >= 15 is 0 Å². The number of amides is 2. The van der Waals surface area contributed by atoms with Crippen molar-refractivity contribution in [2.24, 2.45) is 0 Å². The van der Waals surface area contributed by atoms with Gasteiger partial charge >= 0.3 is 0 Å². The molecule has 0 radical (unpaired) electrons. The van der Waals surface area contributed by atoms with E-state index in [9.17, 15) is 9.59 Å². The second-order valence-electron chi connectivity index (χ2n) is 4.58. The Kier molecular flexibility index (Phi) is 6.26. The molecule has 1 aromatic carbocycles. The maximum atomic E-state index is 11.7. The van der Waals surface area contributed by atoms with Crippen LogP contribution in [-0.4, -0.2) is 18.4 Å². The van der Waals surface area contributed by atoms with Crippen LogP contribution in [0.3, 0.4) is 0 Å². The summed E-state index contributed by atoms with van der Waals surface area (Å²) >= 11 is 11.7. The Hall–Kier alpha value is -2.24. The molecule has 0 fully saturated rings. The van der Waals surface area contributed by atoms with Crippen molar-refractivity contribution >= 4 is 41.1 Å². The fourth-order valence-electron chi connectivity index (χ4n) is 1.68. The number of benzene rings is 1. The SMILES string of the molecule is O=C(/C=C/c1ccc(Cl)c(Cl)c1)NCC(=O)NCc1ccco1. The van der Waals surface area contributed by atoms with Gasteiger partial charge in [-0.3, -0.25) is 9.59 Å². The highest BCUT2D eigenvalue weighted by molar-refractivity contribution is 6.42. The first-order chi connectivity index (χ1) is 11.0. The average molecular weight is 353 g/mol. The number of rotatable bonds is 6. The molecule has 0 bridgehead atoms. The summed E-state index contributed by atoms with van der Waals surface area (Å²) in [5.41, 5.74) is 0.733. The maximum Gasteiger partial charge on any atom is 0.244 e. The van der Waals surface area contributed by atoms with E-state index < -0.39 is 0 Å². The van der Waals surface area contributed by atoms with Crippen LogP contribution in [0.25, 0.3) is 6.08 Å². The van der Waals surface area contributed by atoms with Gasteiger partial charge in [-0.25, -0.2) is 0 Å². The lowest BCUT2D eigenvalue weighted by Gasteiger charge is -2.04. The van der Waals surface area contributed by atoms with Gasteiger partial charge < -0.3 is 15.1 Å². The molecule has 2 amide bonds. The lowest BCUT2D eigenvalue weighted by molar-refractivity contribution is -0.124. The molecule has 23 heavy (non-hydrogen) atoms. The summed E-state index contributed by atoms with van der Waals surface area (Å²) in [5, 5.41) is 5.96. The molecule has 0 saturated carbocycles. The van der Waals surface area contributed by atoms with Gasteiger partial charge in [0.05, 0.1) is 29.4 Å². The molecule has 5 nitrogen and oxygen atoms in total. The second kappa shape index (κ2) is 8.41. The number of carbonyl (C=O) groups excluding carboxylic acids is 2. The number of hydrogen-bond donors (Lipinski definition) is 2. The Bertz CT molecular complexity index is 712. The molecule has 0 spiro atoms. The van der Waals surface area contributed by atoms with Crippen LogP contribution in [0.4, 0.5) is 0 Å². The molecule has 0 aliphatic carbocycles. The number of hydrogen-bond acceptors (Lipinski definition) is 3. The predicted octanol–water partition coefficient (Wildman–Crippen LogP) is 3.03.